The Hall–Kier alpha value is 0.960. The molecule has 0 aliphatic carbocycles. The third-order valence-corrected chi connectivity index (χ3v) is 0.354. The van der Waals surface area contributed by atoms with Crippen LogP contribution in [0, 0.1) is 0 Å². The van der Waals surface area contributed by atoms with Crippen LogP contribution in [0.15, 0.2) is 0 Å². The summed E-state index contributed by atoms with van der Waals surface area (Å²) in [5.41, 5.74) is 0. The summed E-state index contributed by atoms with van der Waals surface area (Å²) in [6.45, 7) is 0. The van der Waals surface area contributed by atoms with Crippen LogP contribution in [-0.4, -0.2) is 65.9 Å². The van der Waals surface area contributed by atoms with Gasteiger partial charge in [-0.15, -0.1) is 5.75 Å². The molecule has 0 atom stereocenters. The zero-order chi connectivity index (χ0) is 4.28. The SMILES string of the molecule is O.O.O.O=C([O-])C[S-].[Ca+2]. The predicted octanol–water partition coefficient (Wildman–Crippen LogP) is -4.57. The number of carboxylic acid groups (broad SMARTS) is 1. The van der Waals surface area contributed by atoms with Gasteiger partial charge in [0.25, 0.3) is 0 Å². The van der Waals surface area contributed by atoms with E-state index in [9.17, 15) is 0 Å². The third kappa shape index (κ3) is 49.5. The van der Waals surface area contributed by atoms with Crippen molar-refractivity contribution in [2.45, 2.75) is 0 Å². The van der Waals surface area contributed by atoms with Crippen molar-refractivity contribution in [1.82, 2.24) is 0 Å². The van der Waals surface area contributed by atoms with Crippen LogP contribution in [0.1, 0.15) is 0 Å². The Morgan fingerprint density at radius 2 is 1.44 bits per heavy atom. The van der Waals surface area contributed by atoms with Gasteiger partial charge in [0.15, 0.2) is 0 Å². The number of rotatable bonds is 1. The monoisotopic (exact) mass is 184 g/mol. The molecule has 0 radical (unpaired) electrons. The summed E-state index contributed by atoms with van der Waals surface area (Å²) in [6, 6.07) is 0. The molecule has 0 aromatic rings. The molecule has 0 aromatic carbocycles. The average molecular weight is 184 g/mol. The molecule has 54 valence electrons. The fourth-order valence-corrected chi connectivity index (χ4v) is 0. The van der Waals surface area contributed by atoms with Crippen molar-refractivity contribution in [3.63, 3.8) is 0 Å². The molecule has 0 rings (SSSR count). The van der Waals surface area contributed by atoms with Crippen molar-refractivity contribution in [1.29, 1.82) is 0 Å². The molecule has 0 aromatic heterocycles. The first kappa shape index (κ1) is 32.5. The normalized spacial score (nSPS) is 4.11. The number of carboxylic acids is 1. The molecule has 0 heterocycles. The van der Waals surface area contributed by atoms with Gasteiger partial charge in [-0.05, 0) is 0 Å². The molecule has 0 bridgehead atoms. The van der Waals surface area contributed by atoms with Gasteiger partial charge in [-0.2, -0.15) is 0 Å². The van der Waals surface area contributed by atoms with Crippen molar-refractivity contribution >= 4 is 56.3 Å². The average Bonchev–Trinajstić information content (AvgIpc) is 1.38. The molecule has 0 saturated carbocycles. The number of aliphatic carboxylic acids is 1. The molecule has 0 saturated heterocycles. The van der Waals surface area contributed by atoms with E-state index in [0.717, 1.165) is 0 Å². The Bertz CT molecular complexity index is 50.2. The van der Waals surface area contributed by atoms with Crippen LogP contribution in [0.25, 0.3) is 0 Å². The minimum Gasteiger partial charge on any atom is -0.787 e. The number of carbonyl (C=O) groups is 1. The number of hydrogen-bond donors (Lipinski definition) is 0. The second-order valence-electron chi connectivity index (χ2n) is 0.516. The molecule has 5 nitrogen and oxygen atoms in total. The summed E-state index contributed by atoms with van der Waals surface area (Å²) in [4.78, 5) is 9.15. The van der Waals surface area contributed by atoms with Crippen LogP contribution in [0.2, 0.25) is 0 Å². The van der Waals surface area contributed by atoms with E-state index in [1.54, 1.807) is 0 Å². The third-order valence-electron chi connectivity index (χ3n) is 0.118. The van der Waals surface area contributed by atoms with Crippen molar-refractivity contribution in [3.05, 3.63) is 0 Å². The van der Waals surface area contributed by atoms with Gasteiger partial charge >= 0.3 is 37.7 Å². The van der Waals surface area contributed by atoms with Crippen molar-refractivity contribution in [2.24, 2.45) is 0 Å². The molecule has 0 spiro atoms. The Morgan fingerprint density at radius 1 is 1.33 bits per heavy atom. The summed E-state index contributed by atoms with van der Waals surface area (Å²) < 4.78 is 0. The fraction of sp³-hybridized carbons (Fsp3) is 0.500. The molecule has 7 heteroatoms. The van der Waals surface area contributed by atoms with Gasteiger partial charge in [0.1, 0.15) is 0 Å². The van der Waals surface area contributed by atoms with Crippen LogP contribution >= 0.6 is 0 Å². The molecule has 6 N–H and O–H groups in total. The van der Waals surface area contributed by atoms with E-state index in [0.29, 0.717) is 0 Å². The van der Waals surface area contributed by atoms with Gasteiger partial charge in [0.2, 0.25) is 0 Å². The standard InChI is InChI=1S/C2H4O2S.Ca.3H2O/c3-2(4)1-5;;;;/h5H,1H2,(H,3,4);;3*1H2/q;+2;;;/p-2. The van der Waals surface area contributed by atoms with E-state index >= 15 is 0 Å². The van der Waals surface area contributed by atoms with Crippen molar-refractivity contribution < 1.29 is 26.3 Å². The molecule has 0 amide bonds. The predicted molar refractivity (Wildman–Crippen MR) is 33.8 cm³/mol. The van der Waals surface area contributed by atoms with Gasteiger partial charge in [-0.25, -0.2) is 0 Å². The summed E-state index contributed by atoms with van der Waals surface area (Å²) in [5.74, 6) is -1.49. The molecule has 9 heavy (non-hydrogen) atoms. The summed E-state index contributed by atoms with van der Waals surface area (Å²) in [6.07, 6.45) is 0. The molecule has 0 unspecified atom stereocenters. The smallest absolute Gasteiger partial charge is 0.787 e. The second kappa shape index (κ2) is 23.1. The maximum absolute atomic E-state index is 9.15. The van der Waals surface area contributed by atoms with Crippen LogP contribution in [0.5, 0.6) is 0 Å². The van der Waals surface area contributed by atoms with Gasteiger partial charge in [-0.3, -0.25) is 0 Å². The molecule has 0 fully saturated rings. The maximum atomic E-state index is 9.15. The van der Waals surface area contributed by atoms with Gasteiger partial charge in [0.05, 0.1) is 0 Å². The van der Waals surface area contributed by atoms with Gasteiger partial charge < -0.3 is 39.0 Å². The molecule has 0 aliphatic heterocycles. The Kier molecular flexibility index (Phi) is 83.3. The van der Waals surface area contributed by atoms with Crippen LogP contribution in [0.4, 0.5) is 0 Å². The minimum absolute atomic E-state index is 0. The Labute approximate surface area is 87.8 Å². The summed E-state index contributed by atoms with van der Waals surface area (Å²) in [7, 11) is 0. The first-order chi connectivity index (χ1) is 2.27. The fourth-order valence-electron chi connectivity index (χ4n) is 0. The first-order valence-electron chi connectivity index (χ1n) is 1.05. The van der Waals surface area contributed by atoms with Gasteiger partial charge in [0, 0.05) is 5.97 Å². The number of carbonyl (C=O) groups excluding carboxylic acids is 1. The van der Waals surface area contributed by atoms with Crippen molar-refractivity contribution in [2.75, 3.05) is 5.75 Å². The van der Waals surface area contributed by atoms with E-state index in [1.165, 1.54) is 0 Å². The second-order valence-corrected chi connectivity index (χ2v) is 0.805. The number of hydrogen-bond acceptors (Lipinski definition) is 3. The zero-order valence-electron chi connectivity index (χ0n) is 4.64. The molecular weight excluding hydrogens is 176 g/mol. The topological polar surface area (TPSA) is 135 Å². The van der Waals surface area contributed by atoms with E-state index in [2.05, 4.69) is 12.6 Å². The van der Waals surface area contributed by atoms with E-state index in [4.69, 9.17) is 9.90 Å². The molecular formula is C2H8CaO5S. The summed E-state index contributed by atoms with van der Waals surface area (Å²) >= 11 is 4.01. The Balaban J connectivity index is -0.0000000133. The first-order valence-corrected chi connectivity index (χ1v) is 1.63. The Morgan fingerprint density at radius 3 is 1.44 bits per heavy atom. The zero-order valence-corrected chi connectivity index (χ0v) is 7.66. The van der Waals surface area contributed by atoms with Gasteiger partial charge in [-0.1, -0.05) is 0 Å². The van der Waals surface area contributed by atoms with Crippen molar-refractivity contribution in [3.8, 4) is 0 Å². The minimum atomic E-state index is -1.18. The van der Waals surface area contributed by atoms with E-state index in [-0.39, 0.29) is 59.9 Å². The largest absolute Gasteiger partial charge is 2.00 e. The van der Waals surface area contributed by atoms with E-state index < -0.39 is 5.97 Å². The van der Waals surface area contributed by atoms with E-state index in [1.807, 2.05) is 0 Å². The summed E-state index contributed by atoms with van der Waals surface area (Å²) in [5, 5.41) is 9.15. The molecule has 0 aliphatic rings. The maximum Gasteiger partial charge on any atom is 2.00 e. The van der Waals surface area contributed by atoms with Crippen LogP contribution < -0.4 is 5.11 Å². The van der Waals surface area contributed by atoms with Crippen LogP contribution in [0.3, 0.4) is 0 Å². The quantitative estimate of drug-likeness (QED) is 0.300. The van der Waals surface area contributed by atoms with Crippen LogP contribution in [-0.2, 0) is 17.4 Å².